The van der Waals surface area contributed by atoms with Crippen molar-refractivity contribution in [1.29, 1.82) is 0 Å². The largest absolute Gasteiger partial charge is 0.454 e. The van der Waals surface area contributed by atoms with Crippen molar-refractivity contribution in [1.82, 2.24) is 0 Å². The Morgan fingerprint density at radius 2 is 1.46 bits per heavy atom. The van der Waals surface area contributed by atoms with Crippen LogP contribution in [0.3, 0.4) is 0 Å². The van der Waals surface area contributed by atoms with Crippen LogP contribution >= 0.6 is 0 Å². The average Bonchev–Trinajstić information content (AvgIpc) is 2.57. The molecule has 2 nitrogen and oxygen atoms in total. The molecule has 3 aromatic rings. The molecule has 0 aliphatic rings. The lowest BCUT2D eigenvalue weighted by molar-refractivity contribution is -0.146. The molecular formula is C22H22O2. The minimum atomic E-state index is -0.342. The molecule has 3 rings (SSSR count). The van der Waals surface area contributed by atoms with Crippen LogP contribution in [0.2, 0.25) is 0 Å². The van der Waals surface area contributed by atoms with E-state index in [1.54, 1.807) is 6.92 Å². The summed E-state index contributed by atoms with van der Waals surface area (Å²) in [5.41, 5.74) is 1.50. The smallest absolute Gasteiger partial charge is 0.333 e. The molecule has 24 heavy (non-hydrogen) atoms. The van der Waals surface area contributed by atoms with Gasteiger partial charge in [-0.25, -0.2) is 4.79 Å². The Morgan fingerprint density at radius 1 is 0.958 bits per heavy atom. The number of carbonyl (C=O) groups is 1. The van der Waals surface area contributed by atoms with E-state index in [1.807, 2.05) is 24.3 Å². The maximum Gasteiger partial charge on any atom is 0.333 e. The quantitative estimate of drug-likeness (QED) is 0.345. The summed E-state index contributed by atoms with van der Waals surface area (Å²) in [6.45, 7) is 9.55. The minimum absolute atomic E-state index is 0.155. The first-order valence-electron chi connectivity index (χ1n) is 8.26. The van der Waals surface area contributed by atoms with Crippen LogP contribution in [0.4, 0.5) is 0 Å². The van der Waals surface area contributed by atoms with Crippen molar-refractivity contribution >= 4 is 27.5 Å². The third-order valence-corrected chi connectivity index (χ3v) is 4.29. The Bertz CT molecular complexity index is 868. The van der Waals surface area contributed by atoms with E-state index in [0.29, 0.717) is 5.57 Å². The van der Waals surface area contributed by atoms with Crippen LogP contribution in [0.5, 0.6) is 0 Å². The van der Waals surface area contributed by atoms with Crippen molar-refractivity contribution in [2.45, 2.75) is 26.9 Å². The maximum absolute atomic E-state index is 12.2. The van der Waals surface area contributed by atoms with Crippen LogP contribution in [0.15, 0.2) is 66.7 Å². The van der Waals surface area contributed by atoms with Gasteiger partial charge in [-0.05, 0) is 40.5 Å². The first kappa shape index (κ1) is 16.3. The van der Waals surface area contributed by atoms with Gasteiger partial charge in [0.2, 0.25) is 0 Å². The van der Waals surface area contributed by atoms with Crippen LogP contribution in [0.1, 0.15) is 32.4 Å². The molecule has 0 saturated heterocycles. The third kappa shape index (κ3) is 2.92. The fourth-order valence-electron chi connectivity index (χ4n) is 3.10. The lowest BCUT2D eigenvalue weighted by Gasteiger charge is -2.25. The molecule has 0 aromatic heterocycles. The fourth-order valence-corrected chi connectivity index (χ4v) is 3.10. The Hall–Kier alpha value is -2.61. The van der Waals surface area contributed by atoms with Crippen LogP contribution in [0, 0.1) is 5.92 Å². The van der Waals surface area contributed by atoms with Crippen LogP contribution in [-0.4, -0.2) is 5.97 Å². The van der Waals surface area contributed by atoms with Gasteiger partial charge in [0.25, 0.3) is 0 Å². The van der Waals surface area contributed by atoms with Crippen molar-refractivity contribution in [2.24, 2.45) is 5.92 Å². The van der Waals surface area contributed by atoms with E-state index in [0.717, 1.165) is 27.1 Å². The highest BCUT2D eigenvalue weighted by molar-refractivity contribution is 6.03. The van der Waals surface area contributed by atoms with Gasteiger partial charge in [-0.2, -0.15) is 0 Å². The summed E-state index contributed by atoms with van der Waals surface area (Å²) >= 11 is 0. The maximum atomic E-state index is 12.2. The molecule has 0 heterocycles. The molecule has 0 bridgehead atoms. The molecule has 1 unspecified atom stereocenters. The number of ether oxygens (including phenoxy) is 1. The summed E-state index contributed by atoms with van der Waals surface area (Å²) in [7, 11) is 0. The Labute approximate surface area is 142 Å². The molecule has 3 aromatic carbocycles. The number of rotatable bonds is 4. The van der Waals surface area contributed by atoms with Crippen molar-refractivity contribution < 1.29 is 9.53 Å². The van der Waals surface area contributed by atoms with Crippen LogP contribution in [0.25, 0.3) is 21.5 Å². The lowest BCUT2D eigenvalue weighted by Crippen LogP contribution is -2.17. The molecule has 2 heteroatoms. The SMILES string of the molecule is C=C(C)C(=O)OC(c1c2ccccc2cc2ccccc12)C(C)C. The second kappa shape index (κ2) is 6.48. The van der Waals surface area contributed by atoms with Crippen molar-refractivity contribution in [3.8, 4) is 0 Å². The van der Waals surface area contributed by atoms with Gasteiger partial charge >= 0.3 is 5.97 Å². The van der Waals surface area contributed by atoms with E-state index in [1.165, 1.54) is 0 Å². The summed E-state index contributed by atoms with van der Waals surface area (Å²) < 4.78 is 5.84. The van der Waals surface area contributed by atoms with E-state index < -0.39 is 0 Å². The number of benzene rings is 3. The van der Waals surface area contributed by atoms with E-state index in [2.05, 4.69) is 50.8 Å². The highest BCUT2D eigenvalue weighted by Crippen LogP contribution is 2.38. The summed E-state index contributed by atoms with van der Waals surface area (Å²) in [6, 6.07) is 18.7. The molecule has 0 N–H and O–H groups in total. The van der Waals surface area contributed by atoms with Gasteiger partial charge in [0.1, 0.15) is 6.10 Å². The molecule has 0 radical (unpaired) electrons. The van der Waals surface area contributed by atoms with Crippen molar-refractivity contribution in [3.63, 3.8) is 0 Å². The summed E-state index contributed by atoms with van der Waals surface area (Å²) in [6.07, 6.45) is -0.315. The molecule has 0 amide bonds. The molecule has 0 aliphatic heterocycles. The molecule has 1 atom stereocenters. The van der Waals surface area contributed by atoms with E-state index >= 15 is 0 Å². The summed E-state index contributed by atoms with van der Waals surface area (Å²) in [5.74, 6) is -0.187. The first-order valence-corrected chi connectivity index (χ1v) is 8.26. The monoisotopic (exact) mass is 318 g/mol. The van der Waals surface area contributed by atoms with E-state index in [-0.39, 0.29) is 18.0 Å². The van der Waals surface area contributed by atoms with Crippen LogP contribution < -0.4 is 0 Å². The van der Waals surface area contributed by atoms with Gasteiger partial charge < -0.3 is 4.74 Å². The summed E-state index contributed by atoms with van der Waals surface area (Å²) in [5, 5.41) is 4.57. The van der Waals surface area contributed by atoms with Crippen molar-refractivity contribution in [3.05, 3.63) is 72.3 Å². The molecule has 0 aliphatic carbocycles. The zero-order chi connectivity index (χ0) is 17.3. The average molecular weight is 318 g/mol. The van der Waals surface area contributed by atoms with Gasteiger partial charge in [0.05, 0.1) is 0 Å². The van der Waals surface area contributed by atoms with Gasteiger partial charge in [-0.3, -0.25) is 0 Å². The minimum Gasteiger partial charge on any atom is -0.454 e. The summed E-state index contributed by atoms with van der Waals surface area (Å²) in [4.78, 5) is 12.2. The number of hydrogen-bond acceptors (Lipinski definition) is 2. The molecule has 122 valence electrons. The predicted octanol–water partition coefficient (Wildman–Crippen LogP) is 5.81. The van der Waals surface area contributed by atoms with Crippen molar-refractivity contribution in [2.75, 3.05) is 0 Å². The zero-order valence-electron chi connectivity index (χ0n) is 14.4. The molecule has 0 fully saturated rings. The fraction of sp³-hybridized carbons (Fsp3) is 0.227. The predicted molar refractivity (Wildman–Crippen MR) is 99.9 cm³/mol. The highest BCUT2D eigenvalue weighted by atomic mass is 16.5. The third-order valence-electron chi connectivity index (χ3n) is 4.29. The Kier molecular flexibility index (Phi) is 4.39. The molecule has 0 spiro atoms. The number of esters is 1. The number of hydrogen-bond donors (Lipinski definition) is 0. The number of carbonyl (C=O) groups excluding carboxylic acids is 1. The van der Waals surface area contributed by atoms with Gasteiger partial charge in [-0.1, -0.05) is 69.0 Å². The van der Waals surface area contributed by atoms with Gasteiger partial charge in [0, 0.05) is 11.1 Å². The second-order valence-corrected chi connectivity index (χ2v) is 6.58. The highest BCUT2D eigenvalue weighted by Gasteiger charge is 2.25. The van der Waals surface area contributed by atoms with Gasteiger partial charge in [-0.15, -0.1) is 0 Å². The van der Waals surface area contributed by atoms with Gasteiger partial charge in [0.15, 0.2) is 0 Å². The molecule has 0 saturated carbocycles. The second-order valence-electron chi connectivity index (χ2n) is 6.58. The Balaban J connectivity index is 2.30. The normalized spacial score (nSPS) is 12.5. The first-order chi connectivity index (χ1) is 11.5. The van der Waals surface area contributed by atoms with E-state index in [4.69, 9.17) is 4.74 Å². The number of fused-ring (bicyclic) bond motifs is 2. The van der Waals surface area contributed by atoms with E-state index in [9.17, 15) is 4.79 Å². The lowest BCUT2D eigenvalue weighted by atomic mass is 9.89. The van der Waals surface area contributed by atoms with Crippen LogP contribution in [-0.2, 0) is 9.53 Å². The zero-order valence-corrected chi connectivity index (χ0v) is 14.4. The topological polar surface area (TPSA) is 26.3 Å². The molecular weight excluding hydrogens is 296 g/mol. The standard InChI is InChI=1S/C22H22O2/c1-14(2)21(24-22(23)15(3)4)20-18-11-7-5-9-16(18)13-17-10-6-8-12-19(17)20/h5-14,21H,3H2,1-2,4H3. The Morgan fingerprint density at radius 3 is 1.92 bits per heavy atom.